The first-order chi connectivity index (χ1) is 11.9. The van der Waals surface area contributed by atoms with Crippen LogP contribution in [0.15, 0.2) is 53.4 Å². The Morgan fingerprint density at radius 1 is 1.24 bits per heavy atom. The lowest BCUT2D eigenvalue weighted by Crippen LogP contribution is -2.29. The monoisotopic (exact) mass is 378 g/mol. The molecule has 0 amide bonds. The van der Waals surface area contributed by atoms with Gasteiger partial charge in [0.2, 0.25) is 10.0 Å². The van der Waals surface area contributed by atoms with Crippen molar-refractivity contribution in [3.8, 4) is 6.07 Å². The number of hydrogen-bond donors (Lipinski definition) is 1. The number of nitrogens with zero attached hydrogens (tertiary/aromatic N) is 1. The first-order valence-electron chi connectivity index (χ1n) is 7.21. The van der Waals surface area contributed by atoms with Crippen molar-refractivity contribution >= 4 is 27.6 Å². The Morgan fingerprint density at radius 2 is 1.88 bits per heavy atom. The highest BCUT2D eigenvalue weighted by Crippen LogP contribution is 2.20. The Hall–Kier alpha value is -2.40. The summed E-state index contributed by atoms with van der Waals surface area (Å²) in [6.07, 6.45) is 0. The van der Waals surface area contributed by atoms with Crippen LogP contribution >= 0.6 is 11.6 Å². The summed E-state index contributed by atoms with van der Waals surface area (Å²) in [6.45, 7) is -0.143. The molecule has 0 saturated carbocycles. The molecule has 2 rings (SSSR count). The number of ether oxygens (including phenoxy) is 1. The van der Waals surface area contributed by atoms with E-state index in [9.17, 15) is 18.5 Å². The summed E-state index contributed by atoms with van der Waals surface area (Å²) in [7, 11) is -2.82. The maximum Gasteiger partial charge on any atom is 0.339 e. The lowest BCUT2D eigenvalue weighted by atomic mass is 10.0. The smallest absolute Gasteiger partial charge is 0.339 e. The summed E-state index contributed by atoms with van der Waals surface area (Å²) in [5.41, 5.74) is 0.563. The number of methoxy groups -OCH3 is 1. The lowest BCUT2D eigenvalue weighted by molar-refractivity contribution is 0.0596. The van der Waals surface area contributed by atoms with Crippen molar-refractivity contribution in [2.45, 2.75) is 10.8 Å². The van der Waals surface area contributed by atoms with E-state index in [-0.39, 0.29) is 17.0 Å². The largest absolute Gasteiger partial charge is 0.465 e. The number of esters is 1. The molecule has 25 heavy (non-hydrogen) atoms. The van der Waals surface area contributed by atoms with E-state index in [0.717, 1.165) is 0 Å². The Kier molecular flexibility index (Phi) is 6.15. The minimum atomic E-state index is -4.00. The average Bonchev–Trinajstić information content (AvgIpc) is 2.63. The van der Waals surface area contributed by atoms with Crippen molar-refractivity contribution in [2.24, 2.45) is 0 Å². The Labute approximate surface area is 151 Å². The second-order valence-corrected chi connectivity index (χ2v) is 7.24. The summed E-state index contributed by atoms with van der Waals surface area (Å²) in [5, 5.41) is 9.83. The highest BCUT2D eigenvalue weighted by Gasteiger charge is 2.24. The summed E-state index contributed by atoms with van der Waals surface area (Å²) in [5.74, 6) is -1.45. The van der Waals surface area contributed by atoms with Gasteiger partial charge in [-0.2, -0.15) is 5.26 Å². The third-order valence-electron chi connectivity index (χ3n) is 3.49. The van der Waals surface area contributed by atoms with Gasteiger partial charge in [0.25, 0.3) is 0 Å². The lowest BCUT2D eigenvalue weighted by Gasteiger charge is -2.13. The summed E-state index contributed by atoms with van der Waals surface area (Å²) >= 11 is 5.81. The molecule has 0 radical (unpaired) electrons. The molecule has 1 N–H and O–H groups in total. The Balaban J connectivity index is 2.23. The fraction of sp³-hybridized carbons (Fsp3) is 0.176. The van der Waals surface area contributed by atoms with Crippen LogP contribution in [0.2, 0.25) is 5.02 Å². The van der Waals surface area contributed by atoms with Crippen LogP contribution in [-0.4, -0.2) is 28.0 Å². The molecule has 6 nitrogen and oxygen atoms in total. The number of nitrogens with one attached hydrogen (secondary N) is 1. The molecule has 130 valence electrons. The molecule has 1 atom stereocenters. The maximum atomic E-state index is 12.5. The molecule has 0 bridgehead atoms. The summed E-state index contributed by atoms with van der Waals surface area (Å²) < 4.78 is 32.0. The van der Waals surface area contributed by atoms with E-state index in [1.54, 1.807) is 24.3 Å². The molecule has 0 aliphatic heterocycles. The predicted octanol–water partition coefficient (Wildman–Crippen LogP) is 2.71. The molecular formula is C17H15ClN2O4S. The maximum absolute atomic E-state index is 12.5. The zero-order valence-corrected chi connectivity index (χ0v) is 14.8. The Morgan fingerprint density at radius 3 is 2.48 bits per heavy atom. The molecule has 0 spiro atoms. The van der Waals surface area contributed by atoms with Gasteiger partial charge in [0.1, 0.15) is 0 Å². The highest BCUT2D eigenvalue weighted by atomic mass is 35.5. The second-order valence-electron chi connectivity index (χ2n) is 5.07. The molecule has 8 heteroatoms. The van der Waals surface area contributed by atoms with Crippen LogP contribution in [0.25, 0.3) is 0 Å². The van der Waals surface area contributed by atoms with Gasteiger partial charge in [0.05, 0.1) is 29.6 Å². The quantitative estimate of drug-likeness (QED) is 0.779. The van der Waals surface area contributed by atoms with Gasteiger partial charge in [-0.25, -0.2) is 17.9 Å². The van der Waals surface area contributed by atoms with E-state index >= 15 is 0 Å². The van der Waals surface area contributed by atoms with Gasteiger partial charge in [0, 0.05) is 11.6 Å². The molecule has 0 saturated heterocycles. The van der Waals surface area contributed by atoms with Crippen molar-refractivity contribution in [3.05, 3.63) is 64.7 Å². The fourth-order valence-corrected chi connectivity index (χ4v) is 3.55. The van der Waals surface area contributed by atoms with E-state index in [4.69, 9.17) is 11.6 Å². The fourth-order valence-electron chi connectivity index (χ4n) is 2.18. The van der Waals surface area contributed by atoms with E-state index < -0.39 is 21.9 Å². The third kappa shape index (κ3) is 4.57. The first kappa shape index (κ1) is 18.9. The van der Waals surface area contributed by atoms with E-state index in [1.807, 2.05) is 6.07 Å². The van der Waals surface area contributed by atoms with Gasteiger partial charge in [-0.05, 0) is 29.8 Å². The molecular weight excluding hydrogens is 364 g/mol. The van der Waals surface area contributed by atoms with E-state index in [2.05, 4.69) is 9.46 Å². The van der Waals surface area contributed by atoms with Gasteiger partial charge < -0.3 is 4.74 Å². The average molecular weight is 379 g/mol. The minimum absolute atomic E-state index is 0.0718. The molecule has 2 aromatic rings. The number of carbonyl (C=O) groups excluding carboxylic acids is 1. The van der Waals surface area contributed by atoms with Gasteiger partial charge in [-0.15, -0.1) is 0 Å². The van der Waals surface area contributed by atoms with Crippen molar-refractivity contribution in [3.63, 3.8) is 0 Å². The standard InChI is InChI=1S/C17H15ClN2O4S/c1-24-17(21)15-4-2-3-5-16(15)25(22,23)20-11-13(10-19)12-6-8-14(18)9-7-12/h2-9,13,20H,11H2,1H3. The summed E-state index contributed by atoms with van der Waals surface area (Å²) in [4.78, 5) is 11.5. The highest BCUT2D eigenvalue weighted by molar-refractivity contribution is 7.89. The van der Waals surface area contributed by atoms with Crippen molar-refractivity contribution in [2.75, 3.05) is 13.7 Å². The van der Waals surface area contributed by atoms with Crippen LogP contribution in [-0.2, 0) is 14.8 Å². The van der Waals surface area contributed by atoms with Crippen LogP contribution < -0.4 is 4.72 Å². The summed E-state index contributed by atoms with van der Waals surface area (Å²) in [6, 6.07) is 14.3. The van der Waals surface area contributed by atoms with Crippen molar-refractivity contribution in [1.82, 2.24) is 4.72 Å². The van der Waals surface area contributed by atoms with Crippen molar-refractivity contribution < 1.29 is 17.9 Å². The van der Waals surface area contributed by atoms with Gasteiger partial charge in [-0.1, -0.05) is 35.9 Å². The van der Waals surface area contributed by atoms with Crippen LogP contribution in [0.5, 0.6) is 0 Å². The molecule has 1 unspecified atom stereocenters. The topological polar surface area (TPSA) is 96.3 Å². The molecule has 2 aromatic carbocycles. The number of halogens is 1. The Bertz CT molecular complexity index is 905. The number of nitriles is 1. The van der Waals surface area contributed by atoms with E-state index in [0.29, 0.717) is 10.6 Å². The second kappa shape index (κ2) is 8.12. The van der Waals surface area contributed by atoms with Crippen LogP contribution in [0.4, 0.5) is 0 Å². The number of benzene rings is 2. The zero-order chi connectivity index (χ0) is 18.4. The van der Waals surface area contributed by atoms with Crippen molar-refractivity contribution in [1.29, 1.82) is 5.26 Å². The number of carbonyl (C=O) groups is 1. The molecule has 0 aromatic heterocycles. The van der Waals surface area contributed by atoms with Crippen LogP contribution in [0.3, 0.4) is 0 Å². The van der Waals surface area contributed by atoms with Crippen LogP contribution in [0.1, 0.15) is 21.8 Å². The first-order valence-corrected chi connectivity index (χ1v) is 9.07. The molecule has 0 fully saturated rings. The third-order valence-corrected chi connectivity index (χ3v) is 5.22. The normalized spacial score (nSPS) is 12.2. The molecule has 0 heterocycles. The van der Waals surface area contributed by atoms with Gasteiger partial charge in [-0.3, -0.25) is 0 Å². The number of sulfonamides is 1. The van der Waals surface area contributed by atoms with Gasteiger partial charge >= 0.3 is 5.97 Å². The van der Waals surface area contributed by atoms with E-state index in [1.165, 1.54) is 31.4 Å². The number of hydrogen-bond acceptors (Lipinski definition) is 5. The molecule has 0 aliphatic carbocycles. The van der Waals surface area contributed by atoms with Gasteiger partial charge in [0.15, 0.2) is 0 Å². The SMILES string of the molecule is COC(=O)c1ccccc1S(=O)(=O)NCC(C#N)c1ccc(Cl)cc1. The predicted molar refractivity (Wildman–Crippen MR) is 92.8 cm³/mol. The van der Waals surface area contributed by atoms with Crippen LogP contribution in [0, 0.1) is 11.3 Å². The molecule has 0 aliphatic rings. The minimum Gasteiger partial charge on any atom is -0.465 e. The number of rotatable bonds is 6. The zero-order valence-electron chi connectivity index (χ0n) is 13.3.